The summed E-state index contributed by atoms with van der Waals surface area (Å²) < 4.78 is 42.2. The maximum atomic E-state index is 13.3. The molecule has 1 fully saturated rings. The fourth-order valence-electron chi connectivity index (χ4n) is 2.41. The van der Waals surface area contributed by atoms with Gasteiger partial charge in [0.1, 0.15) is 12.4 Å². The fourth-order valence-corrected chi connectivity index (χ4v) is 2.41. The Kier molecular flexibility index (Phi) is 5.82. The molecule has 3 nitrogen and oxygen atoms in total. The second kappa shape index (κ2) is 7.61. The zero-order valence-electron chi connectivity index (χ0n) is 11.2. The van der Waals surface area contributed by atoms with E-state index in [9.17, 15) is 13.2 Å². The molecule has 0 spiro atoms. The Morgan fingerprint density at radius 1 is 1.40 bits per heavy atom. The van der Waals surface area contributed by atoms with Crippen molar-refractivity contribution in [2.75, 3.05) is 39.4 Å². The third-order valence-electron chi connectivity index (χ3n) is 3.35. The maximum Gasteiger partial charge on any atom is 0.261 e. The number of hydrogen-bond acceptors (Lipinski definition) is 3. The highest BCUT2D eigenvalue weighted by molar-refractivity contribution is 5.21. The molecule has 1 aliphatic rings. The van der Waals surface area contributed by atoms with Crippen LogP contribution in [0.2, 0.25) is 0 Å². The van der Waals surface area contributed by atoms with Crippen LogP contribution in [-0.4, -0.2) is 50.7 Å². The molecule has 1 unspecified atom stereocenters. The zero-order valence-corrected chi connectivity index (χ0v) is 11.2. The van der Waals surface area contributed by atoms with E-state index in [4.69, 9.17) is 4.74 Å². The van der Waals surface area contributed by atoms with E-state index in [2.05, 4.69) is 10.2 Å². The van der Waals surface area contributed by atoms with Gasteiger partial charge >= 0.3 is 0 Å². The number of ether oxygens (including phenoxy) is 1. The average molecular weight is 288 g/mol. The van der Waals surface area contributed by atoms with E-state index in [1.165, 1.54) is 12.1 Å². The van der Waals surface area contributed by atoms with Gasteiger partial charge in [-0.3, -0.25) is 4.90 Å². The Bertz CT molecular complexity index is 417. The summed E-state index contributed by atoms with van der Waals surface area (Å²) in [5.74, 6) is -0.262. The molecule has 1 N–H and O–H groups in total. The molecule has 112 valence electrons. The minimum absolute atomic E-state index is 0.0506. The molecule has 1 atom stereocenters. The first kappa shape index (κ1) is 15.3. The monoisotopic (exact) mass is 288 g/mol. The van der Waals surface area contributed by atoms with Crippen molar-refractivity contribution in [2.24, 2.45) is 0 Å². The molecule has 0 saturated carbocycles. The van der Waals surface area contributed by atoms with Crippen molar-refractivity contribution in [3.63, 3.8) is 0 Å². The van der Waals surface area contributed by atoms with Gasteiger partial charge in [-0.15, -0.1) is 0 Å². The SMILES string of the molecule is Fc1cccc(C2CNCCN2CCOCC(F)F)c1. The van der Waals surface area contributed by atoms with Crippen LogP contribution in [0, 0.1) is 5.82 Å². The average Bonchev–Trinajstić information content (AvgIpc) is 2.44. The lowest BCUT2D eigenvalue weighted by atomic mass is 10.0. The molecule has 0 radical (unpaired) electrons. The molecule has 1 heterocycles. The number of halogens is 3. The van der Waals surface area contributed by atoms with E-state index in [0.717, 1.165) is 25.2 Å². The summed E-state index contributed by atoms with van der Waals surface area (Å²) in [7, 11) is 0. The Labute approximate surface area is 116 Å². The van der Waals surface area contributed by atoms with Gasteiger partial charge in [-0.1, -0.05) is 12.1 Å². The topological polar surface area (TPSA) is 24.5 Å². The van der Waals surface area contributed by atoms with Gasteiger partial charge in [0.15, 0.2) is 0 Å². The number of hydrogen-bond donors (Lipinski definition) is 1. The summed E-state index contributed by atoms with van der Waals surface area (Å²) in [4.78, 5) is 2.14. The minimum atomic E-state index is -2.43. The summed E-state index contributed by atoms with van der Waals surface area (Å²) in [5, 5.41) is 3.27. The first-order valence-electron chi connectivity index (χ1n) is 6.73. The lowest BCUT2D eigenvalue weighted by molar-refractivity contribution is 0.00368. The number of piperazine rings is 1. The molecule has 0 amide bonds. The number of rotatable bonds is 6. The Hall–Kier alpha value is -1.11. The standard InChI is InChI=1S/C14H19F3N2O/c15-12-3-1-2-11(8-12)13-9-18-4-5-19(13)6-7-20-10-14(16)17/h1-3,8,13-14,18H,4-7,9-10H2. The lowest BCUT2D eigenvalue weighted by Gasteiger charge is -2.36. The van der Waals surface area contributed by atoms with Gasteiger partial charge in [0, 0.05) is 32.2 Å². The van der Waals surface area contributed by atoms with Crippen LogP contribution in [0.5, 0.6) is 0 Å². The van der Waals surface area contributed by atoms with Crippen molar-refractivity contribution in [1.29, 1.82) is 0 Å². The van der Waals surface area contributed by atoms with Crippen molar-refractivity contribution in [3.8, 4) is 0 Å². The van der Waals surface area contributed by atoms with Gasteiger partial charge in [0.25, 0.3) is 6.43 Å². The van der Waals surface area contributed by atoms with E-state index >= 15 is 0 Å². The van der Waals surface area contributed by atoms with E-state index in [1.54, 1.807) is 6.07 Å². The molecule has 1 aromatic rings. The third kappa shape index (κ3) is 4.47. The van der Waals surface area contributed by atoms with Crippen LogP contribution in [0.4, 0.5) is 13.2 Å². The van der Waals surface area contributed by atoms with Gasteiger partial charge in [0.2, 0.25) is 0 Å². The molecule has 0 bridgehead atoms. The van der Waals surface area contributed by atoms with Gasteiger partial charge in [-0.25, -0.2) is 13.2 Å². The highest BCUT2D eigenvalue weighted by atomic mass is 19.3. The quantitative estimate of drug-likeness (QED) is 0.811. The normalized spacial score (nSPS) is 20.5. The molecule has 0 aromatic heterocycles. The van der Waals surface area contributed by atoms with E-state index in [0.29, 0.717) is 6.54 Å². The van der Waals surface area contributed by atoms with Crippen molar-refractivity contribution in [2.45, 2.75) is 12.5 Å². The van der Waals surface area contributed by atoms with Crippen LogP contribution in [0.3, 0.4) is 0 Å². The fraction of sp³-hybridized carbons (Fsp3) is 0.571. The van der Waals surface area contributed by atoms with Crippen LogP contribution < -0.4 is 5.32 Å². The van der Waals surface area contributed by atoms with E-state index in [1.807, 2.05) is 6.07 Å². The number of benzene rings is 1. The Morgan fingerprint density at radius 3 is 3.00 bits per heavy atom. The molecule has 1 aliphatic heterocycles. The van der Waals surface area contributed by atoms with Crippen LogP contribution in [0.1, 0.15) is 11.6 Å². The second-order valence-electron chi connectivity index (χ2n) is 4.78. The Balaban J connectivity index is 1.91. The molecule has 6 heteroatoms. The van der Waals surface area contributed by atoms with Gasteiger partial charge in [-0.05, 0) is 17.7 Å². The first-order chi connectivity index (χ1) is 9.66. The summed E-state index contributed by atoms with van der Waals surface area (Å²) >= 11 is 0. The molecular weight excluding hydrogens is 269 g/mol. The molecule has 20 heavy (non-hydrogen) atoms. The van der Waals surface area contributed by atoms with Crippen molar-refractivity contribution >= 4 is 0 Å². The highest BCUT2D eigenvalue weighted by Crippen LogP contribution is 2.22. The van der Waals surface area contributed by atoms with E-state index < -0.39 is 13.0 Å². The van der Waals surface area contributed by atoms with Crippen LogP contribution in [0.15, 0.2) is 24.3 Å². The largest absolute Gasteiger partial charge is 0.374 e. The number of alkyl halides is 2. The highest BCUT2D eigenvalue weighted by Gasteiger charge is 2.23. The summed E-state index contributed by atoms with van der Waals surface area (Å²) in [6.07, 6.45) is -2.43. The van der Waals surface area contributed by atoms with Crippen molar-refractivity contribution in [3.05, 3.63) is 35.6 Å². The predicted octanol–water partition coefficient (Wildman–Crippen LogP) is 2.05. The lowest BCUT2D eigenvalue weighted by Crippen LogP contribution is -2.47. The molecule has 1 saturated heterocycles. The molecule has 2 rings (SSSR count). The summed E-state index contributed by atoms with van der Waals surface area (Å²) in [6.45, 7) is 2.64. The van der Waals surface area contributed by atoms with Crippen molar-refractivity contribution in [1.82, 2.24) is 10.2 Å². The first-order valence-corrected chi connectivity index (χ1v) is 6.73. The second-order valence-corrected chi connectivity index (χ2v) is 4.78. The van der Waals surface area contributed by atoms with Gasteiger partial charge in [0.05, 0.1) is 6.61 Å². The maximum absolute atomic E-state index is 13.3. The van der Waals surface area contributed by atoms with Crippen LogP contribution >= 0.6 is 0 Å². The van der Waals surface area contributed by atoms with Gasteiger partial charge < -0.3 is 10.1 Å². The summed E-state index contributed by atoms with van der Waals surface area (Å²) in [5.41, 5.74) is 0.894. The molecular formula is C14H19F3N2O. The van der Waals surface area contributed by atoms with Crippen molar-refractivity contribution < 1.29 is 17.9 Å². The minimum Gasteiger partial charge on any atom is -0.374 e. The number of nitrogens with one attached hydrogen (secondary N) is 1. The number of nitrogens with zero attached hydrogens (tertiary/aromatic N) is 1. The summed E-state index contributed by atoms with van der Waals surface area (Å²) in [6, 6.07) is 6.55. The molecule has 1 aromatic carbocycles. The van der Waals surface area contributed by atoms with E-state index in [-0.39, 0.29) is 18.5 Å². The molecule has 0 aliphatic carbocycles. The predicted molar refractivity (Wildman–Crippen MR) is 70.4 cm³/mol. The van der Waals surface area contributed by atoms with Crippen LogP contribution in [-0.2, 0) is 4.74 Å². The van der Waals surface area contributed by atoms with Crippen LogP contribution in [0.25, 0.3) is 0 Å². The smallest absolute Gasteiger partial charge is 0.261 e. The third-order valence-corrected chi connectivity index (χ3v) is 3.35. The van der Waals surface area contributed by atoms with Gasteiger partial charge in [-0.2, -0.15) is 0 Å². The Morgan fingerprint density at radius 2 is 2.25 bits per heavy atom. The zero-order chi connectivity index (χ0) is 14.4.